The summed E-state index contributed by atoms with van der Waals surface area (Å²) in [6.07, 6.45) is 7.90. The SMILES string of the molecule is CCCC1CCC(c2nc(NC)c3cc(C)sc3n2)CC1. The average Bonchev–Trinajstić information content (AvgIpc) is 2.87. The van der Waals surface area contributed by atoms with Crippen LogP contribution >= 0.6 is 11.3 Å². The van der Waals surface area contributed by atoms with Gasteiger partial charge in [0.15, 0.2) is 0 Å². The van der Waals surface area contributed by atoms with Gasteiger partial charge in [0, 0.05) is 17.8 Å². The fourth-order valence-corrected chi connectivity index (χ4v) is 4.44. The van der Waals surface area contributed by atoms with E-state index in [1.165, 1.54) is 48.8 Å². The van der Waals surface area contributed by atoms with Crippen molar-refractivity contribution in [2.75, 3.05) is 12.4 Å². The van der Waals surface area contributed by atoms with E-state index in [0.717, 1.165) is 22.4 Å². The molecule has 4 heteroatoms. The van der Waals surface area contributed by atoms with Crippen LogP contribution in [0.5, 0.6) is 0 Å². The van der Waals surface area contributed by atoms with E-state index in [1.807, 2.05) is 7.05 Å². The molecule has 0 amide bonds. The predicted octanol–water partition coefficient (Wildman–Crippen LogP) is 5.12. The van der Waals surface area contributed by atoms with Gasteiger partial charge in [0.2, 0.25) is 0 Å². The molecule has 1 N–H and O–H groups in total. The van der Waals surface area contributed by atoms with Crippen molar-refractivity contribution in [2.45, 2.75) is 58.3 Å². The highest BCUT2D eigenvalue weighted by molar-refractivity contribution is 7.18. The molecule has 3 rings (SSSR count). The van der Waals surface area contributed by atoms with Gasteiger partial charge in [-0.1, -0.05) is 19.8 Å². The lowest BCUT2D eigenvalue weighted by atomic mass is 9.80. The summed E-state index contributed by atoms with van der Waals surface area (Å²) in [6, 6.07) is 2.19. The summed E-state index contributed by atoms with van der Waals surface area (Å²) in [7, 11) is 1.96. The molecule has 1 fully saturated rings. The average molecular weight is 303 g/mol. The number of hydrogen-bond acceptors (Lipinski definition) is 4. The first kappa shape index (κ1) is 14.8. The quantitative estimate of drug-likeness (QED) is 0.852. The highest BCUT2D eigenvalue weighted by atomic mass is 32.1. The molecule has 114 valence electrons. The summed E-state index contributed by atoms with van der Waals surface area (Å²) < 4.78 is 0. The van der Waals surface area contributed by atoms with Crippen LogP contribution in [0.1, 0.15) is 62.1 Å². The number of nitrogens with one attached hydrogen (secondary N) is 1. The molecular weight excluding hydrogens is 278 g/mol. The second-order valence-corrected chi connectivity index (χ2v) is 7.50. The van der Waals surface area contributed by atoms with Crippen molar-refractivity contribution in [3.05, 3.63) is 16.8 Å². The van der Waals surface area contributed by atoms with E-state index in [0.29, 0.717) is 5.92 Å². The van der Waals surface area contributed by atoms with Crippen LogP contribution in [-0.4, -0.2) is 17.0 Å². The number of nitrogens with zero attached hydrogens (tertiary/aromatic N) is 2. The Hall–Kier alpha value is -1.16. The first-order valence-corrected chi connectivity index (χ1v) is 8.98. The molecule has 0 saturated heterocycles. The van der Waals surface area contributed by atoms with Crippen LogP contribution in [0.25, 0.3) is 10.2 Å². The summed E-state index contributed by atoms with van der Waals surface area (Å²) in [6.45, 7) is 4.43. The second-order valence-electron chi connectivity index (χ2n) is 6.26. The monoisotopic (exact) mass is 303 g/mol. The van der Waals surface area contributed by atoms with Crippen LogP contribution in [0.4, 0.5) is 5.82 Å². The third kappa shape index (κ3) is 3.05. The minimum absolute atomic E-state index is 0.553. The Labute approximate surface area is 131 Å². The van der Waals surface area contributed by atoms with E-state index in [4.69, 9.17) is 9.97 Å². The van der Waals surface area contributed by atoms with E-state index < -0.39 is 0 Å². The molecule has 0 radical (unpaired) electrons. The van der Waals surface area contributed by atoms with Crippen molar-refractivity contribution in [2.24, 2.45) is 5.92 Å². The third-order valence-corrected chi connectivity index (χ3v) is 5.62. The number of aromatic nitrogens is 2. The standard InChI is InChI=1S/C17H25N3S/c1-4-5-12-6-8-13(9-7-12)15-19-16(18-3)14-10-11(2)21-17(14)20-15/h10,12-13H,4-9H2,1-3H3,(H,18,19,20). The lowest BCUT2D eigenvalue weighted by Crippen LogP contribution is -2.15. The van der Waals surface area contributed by atoms with Crippen molar-refractivity contribution in [1.82, 2.24) is 9.97 Å². The molecule has 1 aliphatic carbocycles. The molecule has 2 aromatic heterocycles. The fraction of sp³-hybridized carbons (Fsp3) is 0.647. The maximum absolute atomic E-state index is 4.87. The maximum Gasteiger partial charge on any atom is 0.138 e. The lowest BCUT2D eigenvalue weighted by molar-refractivity contribution is 0.303. The third-order valence-electron chi connectivity index (χ3n) is 4.68. The minimum atomic E-state index is 0.553. The van der Waals surface area contributed by atoms with Crippen LogP contribution < -0.4 is 5.32 Å². The number of rotatable bonds is 4. The summed E-state index contributed by atoms with van der Waals surface area (Å²) in [5, 5.41) is 4.42. The molecule has 0 aliphatic heterocycles. The molecule has 1 aliphatic rings. The van der Waals surface area contributed by atoms with Gasteiger partial charge in [0.05, 0.1) is 5.39 Å². The Bertz CT molecular complexity index is 612. The highest BCUT2D eigenvalue weighted by Crippen LogP contribution is 2.38. The fourth-order valence-electron chi connectivity index (χ4n) is 3.55. The molecule has 0 spiro atoms. The van der Waals surface area contributed by atoms with Gasteiger partial charge in [-0.05, 0) is 44.6 Å². The van der Waals surface area contributed by atoms with Crippen LogP contribution in [0.2, 0.25) is 0 Å². The largest absolute Gasteiger partial charge is 0.372 e. The van der Waals surface area contributed by atoms with E-state index in [9.17, 15) is 0 Å². The van der Waals surface area contributed by atoms with Gasteiger partial charge in [0.25, 0.3) is 0 Å². The molecule has 21 heavy (non-hydrogen) atoms. The summed E-state index contributed by atoms with van der Waals surface area (Å²) in [5.41, 5.74) is 0. The van der Waals surface area contributed by atoms with Crippen molar-refractivity contribution >= 4 is 27.4 Å². The Kier molecular flexibility index (Phi) is 4.43. The number of anilines is 1. The van der Waals surface area contributed by atoms with Gasteiger partial charge < -0.3 is 5.32 Å². The summed E-state index contributed by atoms with van der Waals surface area (Å²) >= 11 is 1.78. The van der Waals surface area contributed by atoms with Crippen LogP contribution in [0.15, 0.2) is 6.07 Å². The molecule has 1 saturated carbocycles. The van der Waals surface area contributed by atoms with Gasteiger partial charge in [-0.3, -0.25) is 0 Å². The Morgan fingerprint density at radius 3 is 2.67 bits per heavy atom. The highest BCUT2D eigenvalue weighted by Gasteiger charge is 2.24. The Morgan fingerprint density at radius 1 is 1.24 bits per heavy atom. The van der Waals surface area contributed by atoms with E-state index in [-0.39, 0.29) is 0 Å². The molecule has 0 unspecified atom stereocenters. The zero-order valence-corrected chi connectivity index (χ0v) is 14.1. The van der Waals surface area contributed by atoms with Crippen molar-refractivity contribution in [3.63, 3.8) is 0 Å². The van der Waals surface area contributed by atoms with Crippen LogP contribution in [-0.2, 0) is 0 Å². The van der Waals surface area contributed by atoms with E-state index in [1.54, 1.807) is 11.3 Å². The first-order chi connectivity index (χ1) is 10.2. The summed E-state index contributed by atoms with van der Waals surface area (Å²) in [4.78, 5) is 12.1. The van der Waals surface area contributed by atoms with E-state index >= 15 is 0 Å². The maximum atomic E-state index is 4.87. The topological polar surface area (TPSA) is 37.8 Å². The Balaban J connectivity index is 1.84. The predicted molar refractivity (Wildman–Crippen MR) is 91.3 cm³/mol. The Morgan fingerprint density at radius 2 is 2.00 bits per heavy atom. The molecule has 2 aromatic rings. The van der Waals surface area contributed by atoms with Crippen LogP contribution in [0.3, 0.4) is 0 Å². The van der Waals surface area contributed by atoms with Gasteiger partial charge >= 0.3 is 0 Å². The normalized spacial score (nSPS) is 22.6. The van der Waals surface area contributed by atoms with Gasteiger partial charge in [-0.15, -0.1) is 11.3 Å². The van der Waals surface area contributed by atoms with Crippen LogP contribution in [0, 0.1) is 12.8 Å². The minimum Gasteiger partial charge on any atom is -0.372 e. The van der Waals surface area contributed by atoms with Crippen molar-refractivity contribution in [1.29, 1.82) is 0 Å². The lowest BCUT2D eigenvalue weighted by Gasteiger charge is -2.27. The van der Waals surface area contributed by atoms with Gasteiger partial charge in [0.1, 0.15) is 16.5 Å². The first-order valence-electron chi connectivity index (χ1n) is 8.17. The molecule has 0 atom stereocenters. The number of hydrogen-bond donors (Lipinski definition) is 1. The second kappa shape index (κ2) is 6.30. The molecule has 3 nitrogen and oxygen atoms in total. The molecule has 2 heterocycles. The molecule has 0 aromatic carbocycles. The number of thiophene rings is 1. The van der Waals surface area contributed by atoms with Gasteiger partial charge in [-0.2, -0.15) is 0 Å². The smallest absolute Gasteiger partial charge is 0.138 e. The molecular formula is C17H25N3S. The van der Waals surface area contributed by atoms with Crippen molar-refractivity contribution < 1.29 is 0 Å². The van der Waals surface area contributed by atoms with Gasteiger partial charge in [-0.25, -0.2) is 9.97 Å². The molecule has 0 bridgehead atoms. The zero-order valence-electron chi connectivity index (χ0n) is 13.3. The number of fused-ring (bicyclic) bond motifs is 1. The zero-order chi connectivity index (χ0) is 14.8. The summed E-state index contributed by atoms with van der Waals surface area (Å²) in [5.74, 6) is 3.54. The number of aryl methyl sites for hydroxylation is 1. The van der Waals surface area contributed by atoms with E-state index in [2.05, 4.69) is 25.2 Å². The van der Waals surface area contributed by atoms with Crippen molar-refractivity contribution in [3.8, 4) is 0 Å².